The molecule has 0 aliphatic heterocycles. The Morgan fingerprint density at radius 3 is 2.16 bits per heavy atom. The Balaban J connectivity index is 3.10. The van der Waals surface area contributed by atoms with Gasteiger partial charge in [-0.3, -0.25) is 4.79 Å². The zero-order chi connectivity index (χ0) is 15.0. The molecule has 110 valence electrons. The maximum absolute atomic E-state index is 12.2. The van der Waals surface area contributed by atoms with Gasteiger partial charge in [-0.1, -0.05) is 0 Å². The molecule has 0 saturated heterocycles. The molecule has 0 bridgehead atoms. The van der Waals surface area contributed by atoms with Gasteiger partial charge in [0.2, 0.25) is 0 Å². The fourth-order valence-electron chi connectivity index (χ4n) is 1.91. The molecule has 1 saturated carbocycles. The predicted octanol–water partition coefficient (Wildman–Crippen LogP) is -1.94. The molecule has 19 heavy (non-hydrogen) atoms. The molecule has 1 aliphatic rings. The highest BCUT2D eigenvalue weighted by Crippen LogP contribution is 2.33. The number of rotatable bonds is 2. The van der Waals surface area contributed by atoms with Crippen LogP contribution in [0.25, 0.3) is 0 Å². The van der Waals surface area contributed by atoms with Crippen molar-refractivity contribution in [2.24, 2.45) is 0 Å². The van der Waals surface area contributed by atoms with Gasteiger partial charge >= 0.3 is 18.1 Å². The molecule has 7 nitrogen and oxygen atoms in total. The first-order valence-corrected chi connectivity index (χ1v) is 5.08. The van der Waals surface area contributed by atoms with Gasteiger partial charge in [-0.2, -0.15) is 13.2 Å². The van der Waals surface area contributed by atoms with E-state index < -0.39 is 48.3 Å². The number of ether oxygens (including phenoxy) is 1. The number of esters is 1. The van der Waals surface area contributed by atoms with Gasteiger partial charge < -0.3 is 25.4 Å². The van der Waals surface area contributed by atoms with Crippen molar-refractivity contribution in [2.75, 3.05) is 7.11 Å². The number of alkyl halides is 3. The van der Waals surface area contributed by atoms with Crippen molar-refractivity contribution in [3.63, 3.8) is 0 Å². The van der Waals surface area contributed by atoms with E-state index in [-0.39, 0.29) is 0 Å². The summed E-state index contributed by atoms with van der Waals surface area (Å²) in [5.74, 6) is -3.88. The van der Waals surface area contributed by atoms with Crippen LogP contribution >= 0.6 is 0 Å². The maximum atomic E-state index is 12.2. The molecule has 0 spiro atoms. The summed E-state index contributed by atoms with van der Waals surface area (Å²) in [5, 5.41) is 29.5. The van der Waals surface area contributed by atoms with Gasteiger partial charge in [0.1, 0.15) is 12.2 Å². The van der Waals surface area contributed by atoms with Crippen molar-refractivity contribution >= 4 is 11.9 Å². The molecule has 4 N–H and O–H groups in total. The average Bonchev–Trinajstić information content (AvgIpc) is 2.52. The molecule has 4 atom stereocenters. The first-order valence-electron chi connectivity index (χ1n) is 5.08. The maximum Gasteiger partial charge on any atom is 0.471 e. The number of halogens is 3. The third kappa shape index (κ3) is 2.65. The minimum atomic E-state index is -5.29. The minimum Gasteiger partial charge on any atom is -0.467 e. The molecule has 0 aromatic rings. The van der Waals surface area contributed by atoms with Crippen LogP contribution in [0.3, 0.4) is 0 Å². The normalized spacial score (nSPS) is 35.0. The second-order valence-corrected chi connectivity index (χ2v) is 4.12. The van der Waals surface area contributed by atoms with Crippen molar-refractivity contribution in [3.05, 3.63) is 0 Å². The van der Waals surface area contributed by atoms with Crippen molar-refractivity contribution in [2.45, 2.75) is 36.4 Å². The summed E-state index contributed by atoms with van der Waals surface area (Å²) in [6.45, 7) is 0. The standard InChI is InChI=1S/C9H12F3NO6/c1-19-7(18)8(13-6(17)9(10,11)12)2-3(14)4(15)5(8)16/h3-5,14-16H,2H2,1H3,(H,13,17)/t3-,4-,5+,8+/m1/s1. The number of methoxy groups -OCH3 is 1. The molecule has 1 amide bonds. The Morgan fingerprint density at radius 1 is 1.32 bits per heavy atom. The lowest BCUT2D eigenvalue weighted by Crippen LogP contribution is -2.63. The van der Waals surface area contributed by atoms with E-state index in [4.69, 9.17) is 0 Å². The number of amides is 1. The van der Waals surface area contributed by atoms with E-state index in [2.05, 4.69) is 4.74 Å². The number of hydrogen-bond donors (Lipinski definition) is 4. The Kier molecular flexibility index (Phi) is 4.08. The van der Waals surface area contributed by atoms with Crippen LogP contribution in [0.2, 0.25) is 0 Å². The molecular weight excluding hydrogens is 275 g/mol. The molecule has 1 fully saturated rings. The molecule has 10 heteroatoms. The van der Waals surface area contributed by atoms with Crippen molar-refractivity contribution in [3.8, 4) is 0 Å². The molecule has 0 radical (unpaired) electrons. The lowest BCUT2D eigenvalue weighted by atomic mass is 9.94. The summed E-state index contributed by atoms with van der Waals surface area (Å²) < 4.78 is 40.8. The van der Waals surface area contributed by atoms with Crippen LogP contribution in [0.4, 0.5) is 13.2 Å². The number of nitrogens with one attached hydrogen (secondary N) is 1. The molecule has 0 aromatic carbocycles. The van der Waals surface area contributed by atoms with E-state index in [0.29, 0.717) is 0 Å². The van der Waals surface area contributed by atoms with Gasteiger partial charge in [0.25, 0.3) is 0 Å². The number of aliphatic hydroxyl groups excluding tert-OH is 3. The summed E-state index contributed by atoms with van der Waals surface area (Å²) in [4.78, 5) is 22.4. The number of hydrogen-bond acceptors (Lipinski definition) is 6. The van der Waals surface area contributed by atoms with E-state index in [0.717, 1.165) is 7.11 Å². The number of carbonyl (C=O) groups is 2. The van der Waals surface area contributed by atoms with Crippen molar-refractivity contribution in [1.29, 1.82) is 0 Å². The van der Waals surface area contributed by atoms with Gasteiger partial charge in [-0.05, 0) is 0 Å². The van der Waals surface area contributed by atoms with E-state index in [1.54, 1.807) is 0 Å². The van der Waals surface area contributed by atoms with Crippen molar-refractivity contribution < 1.29 is 42.8 Å². The van der Waals surface area contributed by atoms with Gasteiger partial charge in [0.15, 0.2) is 5.54 Å². The van der Waals surface area contributed by atoms with E-state index in [1.165, 1.54) is 5.32 Å². The van der Waals surface area contributed by atoms with E-state index in [9.17, 15) is 38.1 Å². The highest BCUT2D eigenvalue weighted by atomic mass is 19.4. The predicted molar refractivity (Wildman–Crippen MR) is 51.6 cm³/mol. The third-order valence-electron chi connectivity index (χ3n) is 2.90. The zero-order valence-corrected chi connectivity index (χ0v) is 9.64. The lowest BCUT2D eigenvalue weighted by molar-refractivity contribution is -0.180. The van der Waals surface area contributed by atoms with Gasteiger partial charge in [-0.15, -0.1) is 0 Å². The van der Waals surface area contributed by atoms with Crippen LogP contribution in [0.5, 0.6) is 0 Å². The summed E-state index contributed by atoms with van der Waals surface area (Å²) in [5.41, 5.74) is -2.54. The lowest BCUT2D eigenvalue weighted by Gasteiger charge is -2.31. The van der Waals surface area contributed by atoms with Gasteiger partial charge in [-0.25, -0.2) is 4.79 Å². The van der Waals surface area contributed by atoms with Crippen LogP contribution in [0.15, 0.2) is 0 Å². The minimum absolute atomic E-state index is 0.802. The highest BCUT2D eigenvalue weighted by Gasteiger charge is 2.61. The summed E-state index contributed by atoms with van der Waals surface area (Å²) in [6, 6.07) is 0. The van der Waals surface area contributed by atoms with Gasteiger partial charge in [0.05, 0.1) is 13.2 Å². The van der Waals surface area contributed by atoms with Gasteiger partial charge in [0, 0.05) is 6.42 Å². The van der Waals surface area contributed by atoms with Crippen LogP contribution in [-0.4, -0.2) is 64.3 Å². The van der Waals surface area contributed by atoms with Crippen LogP contribution in [-0.2, 0) is 14.3 Å². The highest BCUT2D eigenvalue weighted by molar-refractivity contribution is 5.91. The summed E-state index contributed by atoms with van der Waals surface area (Å²) in [6.07, 6.45) is -11.8. The Bertz CT molecular complexity index is 387. The Labute approximate surface area is 105 Å². The first-order chi connectivity index (χ1) is 8.56. The molecule has 1 aliphatic carbocycles. The van der Waals surface area contributed by atoms with Crippen molar-refractivity contribution in [1.82, 2.24) is 5.32 Å². The number of aliphatic hydroxyl groups is 3. The van der Waals surface area contributed by atoms with Crippen LogP contribution in [0, 0.1) is 0 Å². The SMILES string of the molecule is COC(=O)[C@]1(NC(=O)C(F)(F)F)C[C@@H](O)[C@@H](O)[C@@H]1O. The smallest absolute Gasteiger partial charge is 0.467 e. The summed E-state index contributed by atoms with van der Waals surface area (Å²) in [7, 11) is 0.827. The number of carbonyl (C=O) groups excluding carboxylic acids is 2. The van der Waals surface area contributed by atoms with E-state index in [1.807, 2.05) is 0 Å². The molecule has 0 heterocycles. The fourth-order valence-corrected chi connectivity index (χ4v) is 1.91. The first kappa shape index (κ1) is 15.7. The van der Waals surface area contributed by atoms with E-state index >= 15 is 0 Å². The second kappa shape index (κ2) is 4.94. The fraction of sp³-hybridized carbons (Fsp3) is 0.778. The third-order valence-corrected chi connectivity index (χ3v) is 2.90. The molecule has 0 aromatic heterocycles. The van der Waals surface area contributed by atoms with Crippen LogP contribution < -0.4 is 5.32 Å². The monoisotopic (exact) mass is 287 g/mol. The second-order valence-electron chi connectivity index (χ2n) is 4.12. The molecule has 0 unspecified atom stereocenters. The molecule has 1 rings (SSSR count). The molecular formula is C9H12F3NO6. The zero-order valence-electron chi connectivity index (χ0n) is 9.64. The topological polar surface area (TPSA) is 116 Å². The largest absolute Gasteiger partial charge is 0.471 e. The van der Waals surface area contributed by atoms with Crippen LogP contribution in [0.1, 0.15) is 6.42 Å². The Morgan fingerprint density at radius 2 is 1.84 bits per heavy atom. The Hall–Kier alpha value is -1.39. The summed E-state index contributed by atoms with van der Waals surface area (Å²) >= 11 is 0. The average molecular weight is 287 g/mol. The quantitative estimate of drug-likeness (QED) is 0.439.